The molecule has 0 radical (unpaired) electrons. The molecule has 1 aliphatic rings. The first-order valence-electron chi connectivity index (χ1n) is 8.98. The molecule has 3 rings (SSSR count). The van der Waals surface area contributed by atoms with E-state index in [2.05, 4.69) is 61.5 Å². The Kier molecular flexibility index (Phi) is 5.32. The van der Waals surface area contributed by atoms with Crippen molar-refractivity contribution in [3.8, 4) is 0 Å². The fourth-order valence-corrected chi connectivity index (χ4v) is 3.89. The summed E-state index contributed by atoms with van der Waals surface area (Å²) in [4.78, 5) is 0. The van der Waals surface area contributed by atoms with Crippen LogP contribution in [0.4, 0.5) is 0 Å². The Bertz CT molecular complexity index is 544. The molecular formula is C22H28. The highest BCUT2D eigenvalue weighted by Gasteiger charge is 2.22. The average Bonchev–Trinajstić information content (AvgIpc) is 2.58. The molecule has 0 N–H and O–H groups in total. The van der Waals surface area contributed by atoms with Crippen molar-refractivity contribution in [3.63, 3.8) is 0 Å². The van der Waals surface area contributed by atoms with Crippen LogP contribution in [0.2, 0.25) is 0 Å². The third kappa shape index (κ3) is 4.00. The molecule has 0 spiro atoms. The molecule has 0 heteroatoms. The van der Waals surface area contributed by atoms with E-state index < -0.39 is 0 Å². The summed E-state index contributed by atoms with van der Waals surface area (Å²) in [5, 5.41) is 0. The lowest BCUT2D eigenvalue weighted by atomic mass is 9.76. The van der Waals surface area contributed by atoms with E-state index in [1.807, 2.05) is 0 Å². The van der Waals surface area contributed by atoms with E-state index in [0.29, 0.717) is 0 Å². The van der Waals surface area contributed by atoms with E-state index >= 15 is 0 Å². The molecule has 2 aromatic carbocycles. The number of aryl methyl sites for hydroxylation is 1. The largest absolute Gasteiger partial charge is 0.0651 e. The molecule has 0 nitrogen and oxygen atoms in total. The summed E-state index contributed by atoms with van der Waals surface area (Å²) in [5.74, 6) is 1.68. The zero-order chi connectivity index (χ0) is 15.2. The Balaban J connectivity index is 1.53. The second-order valence-corrected chi connectivity index (χ2v) is 6.90. The van der Waals surface area contributed by atoms with Crippen molar-refractivity contribution in [1.29, 1.82) is 0 Å². The van der Waals surface area contributed by atoms with Crippen molar-refractivity contribution in [2.75, 3.05) is 0 Å². The zero-order valence-electron chi connectivity index (χ0n) is 13.8. The van der Waals surface area contributed by atoms with Gasteiger partial charge in [0.2, 0.25) is 0 Å². The quantitative estimate of drug-likeness (QED) is 0.619. The monoisotopic (exact) mass is 292 g/mol. The van der Waals surface area contributed by atoms with Crippen molar-refractivity contribution in [3.05, 3.63) is 71.3 Å². The number of hydrogen-bond donors (Lipinski definition) is 0. The van der Waals surface area contributed by atoms with Gasteiger partial charge in [0.15, 0.2) is 0 Å². The Hall–Kier alpha value is -1.56. The van der Waals surface area contributed by atoms with Crippen molar-refractivity contribution >= 4 is 0 Å². The smallest absolute Gasteiger partial charge is 0.0162 e. The Labute approximate surface area is 135 Å². The van der Waals surface area contributed by atoms with E-state index in [-0.39, 0.29) is 0 Å². The van der Waals surface area contributed by atoms with Crippen LogP contribution in [0.3, 0.4) is 0 Å². The summed E-state index contributed by atoms with van der Waals surface area (Å²) >= 11 is 0. The molecule has 0 aliphatic heterocycles. The van der Waals surface area contributed by atoms with E-state index in [1.165, 1.54) is 56.1 Å². The maximum absolute atomic E-state index is 2.38. The number of rotatable bonds is 5. The normalized spacial score (nSPS) is 21.7. The van der Waals surface area contributed by atoms with Crippen LogP contribution in [-0.4, -0.2) is 0 Å². The Morgan fingerprint density at radius 1 is 0.773 bits per heavy atom. The van der Waals surface area contributed by atoms with Crippen LogP contribution in [-0.2, 0) is 12.8 Å². The van der Waals surface area contributed by atoms with Gasteiger partial charge in [0.25, 0.3) is 0 Å². The first kappa shape index (κ1) is 15.3. The minimum atomic E-state index is 0.794. The standard InChI is InChI=1S/C22H28/c1-2-6-18-9-13-21(14-10-18)22-15-11-20(12-16-22)17-19-7-4-3-5-8-19/h3-5,7-10,13-14,20,22H,2,6,11-12,15-17H2,1H3. The first-order valence-corrected chi connectivity index (χ1v) is 8.98. The molecule has 0 aromatic heterocycles. The minimum absolute atomic E-state index is 0.794. The van der Waals surface area contributed by atoms with Crippen LogP contribution in [0.25, 0.3) is 0 Å². The highest BCUT2D eigenvalue weighted by Crippen LogP contribution is 2.37. The van der Waals surface area contributed by atoms with Crippen LogP contribution < -0.4 is 0 Å². The number of hydrogen-bond acceptors (Lipinski definition) is 0. The molecule has 0 atom stereocenters. The van der Waals surface area contributed by atoms with Gasteiger partial charge in [-0.15, -0.1) is 0 Å². The van der Waals surface area contributed by atoms with Gasteiger partial charge in [-0.25, -0.2) is 0 Å². The van der Waals surface area contributed by atoms with Gasteiger partial charge in [-0.05, 0) is 67.1 Å². The minimum Gasteiger partial charge on any atom is -0.0651 e. The highest BCUT2D eigenvalue weighted by molar-refractivity contribution is 5.26. The second kappa shape index (κ2) is 7.63. The lowest BCUT2D eigenvalue weighted by Gasteiger charge is -2.29. The first-order chi connectivity index (χ1) is 10.8. The molecular weight excluding hydrogens is 264 g/mol. The zero-order valence-corrected chi connectivity index (χ0v) is 13.8. The van der Waals surface area contributed by atoms with Crippen LogP contribution >= 0.6 is 0 Å². The fourth-order valence-electron chi connectivity index (χ4n) is 3.89. The van der Waals surface area contributed by atoms with Crippen LogP contribution in [0.1, 0.15) is 61.6 Å². The summed E-state index contributed by atoms with van der Waals surface area (Å²) in [6.07, 6.45) is 9.22. The summed E-state index contributed by atoms with van der Waals surface area (Å²) in [6, 6.07) is 20.4. The number of benzene rings is 2. The van der Waals surface area contributed by atoms with Gasteiger partial charge in [-0.1, -0.05) is 67.9 Å². The predicted molar refractivity (Wildman–Crippen MR) is 95.3 cm³/mol. The van der Waals surface area contributed by atoms with Gasteiger partial charge in [0, 0.05) is 0 Å². The van der Waals surface area contributed by atoms with Crippen LogP contribution in [0, 0.1) is 5.92 Å². The van der Waals surface area contributed by atoms with Crippen LogP contribution in [0.5, 0.6) is 0 Å². The average molecular weight is 292 g/mol. The van der Waals surface area contributed by atoms with Crippen molar-refractivity contribution < 1.29 is 0 Å². The van der Waals surface area contributed by atoms with E-state index in [4.69, 9.17) is 0 Å². The fraction of sp³-hybridized carbons (Fsp3) is 0.455. The second-order valence-electron chi connectivity index (χ2n) is 6.90. The molecule has 1 saturated carbocycles. The summed E-state index contributed by atoms with van der Waals surface area (Å²) in [6.45, 7) is 2.25. The molecule has 2 aromatic rings. The third-order valence-electron chi connectivity index (χ3n) is 5.20. The van der Waals surface area contributed by atoms with Gasteiger partial charge >= 0.3 is 0 Å². The van der Waals surface area contributed by atoms with E-state index in [9.17, 15) is 0 Å². The van der Waals surface area contributed by atoms with Gasteiger partial charge < -0.3 is 0 Å². The van der Waals surface area contributed by atoms with E-state index in [1.54, 1.807) is 5.56 Å². The molecule has 0 saturated heterocycles. The lowest BCUT2D eigenvalue weighted by Crippen LogP contribution is -2.15. The van der Waals surface area contributed by atoms with Crippen molar-refractivity contribution in [2.24, 2.45) is 5.92 Å². The maximum atomic E-state index is 2.38. The topological polar surface area (TPSA) is 0 Å². The van der Waals surface area contributed by atoms with Crippen molar-refractivity contribution in [2.45, 2.75) is 57.8 Å². The molecule has 1 aliphatic carbocycles. The summed E-state index contributed by atoms with van der Waals surface area (Å²) in [7, 11) is 0. The van der Waals surface area contributed by atoms with Crippen LogP contribution in [0.15, 0.2) is 54.6 Å². The van der Waals surface area contributed by atoms with Gasteiger partial charge in [0.1, 0.15) is 0 Å². The summed E-state index contributed by atoms with van der Waals surface area (Å²) in [5.41, 5.74) is 4.57. The Morgan fingerprint density at radius 2 is 1.45 bits per heavy atom. The molecule has 0 amide bonds. The molecule has 22 heavy (non-hydrogen) atoms. The molecule has 116 valence electrons. The van der Waals surface area contributed by atoms with Crippen molar-refractivity contribution in [1.82, 2.24) is 0 Å². The van der Waals surface area contributed by atoms with E-state index in [0.717, 1.165) is 11.8 Å². The third-order valence-corrected chi connectivity index (χ3v) is 5.20. The maximum Gasteiger partial charge on any atom is -0.0162 e. The summed E-state index contributed by atoms with van der Waals surface area (Å²) < 4.78 is 0. The molecule has 0 heterocycles. The molecule has 0 bridgehead atoms. The molecule has 1 fully saturated rings. The lowest BCUT2D eigenvalue weighted by molar-refractivity contribution is 0.324. The highest BCUT2D eigenvalue weighted by atomic mass is 14.3. The van der Waals surface area contributed by atoms with Gasteiger partial charge in [0.05, 0.1) is 0 Å². The SMILES string of the molecule is CCCc1ccc(C2CCC(Cc3ccccc3)CC2)cc1. The molecule has 0 unspecified atom stereocenters. The predicted octanol–water partition coefficient (Wildman–Crippen LogP) is 6.16. The van der Waals surface area contributed by atoms with Gasteiger partial charge in [-0.3, -0.25) is 0 Å². The Morgan fingerprint density at radius 3 is 2.09 bits per heavy atom. The van der Waals surface area contributed by atoms with Gasteiger partial charge in [-0.2, -0.15) is 0 Å².